The molecule has 0 radical (unpaired) electrons. The molecule has 3 N–H and O–H groups in total. The maximum Gasteiger partial charge on any atom is 0.147 e. The monoisotopic (exact) mass is 250 g/mol. The van der Waals surface area contributed by atoms with Crippen molar-refractivity contribution in [1.82, 2.24) is 9.78 Å². The van der Waals surface area contributed by atoms with Gasteiger partial charge in [0.1, 0.15) is 5.82 Å². The fourth-order valence-electron chi connectivity index (χ4n) is 3.05. The van der Waals surface area contributed by atoms with Crippen LogP contribution in [0.1, 0.15) is 45.2 Å². The summed E-state index contributed by atoms with van der Waals surface area (Å²) in [5, 5.41) is 7.94. The van der Waals surface area contributed by atoms with Crippen LogP contribution < -0.4 is 11.1 Å². The summed E-state index contributed by atoms with van der Waals surface area (Å²) in [5.74, 6) is 2.65. The van der Waals surface area contributed by atoms with E-state index >= 15 is 0 Å². The van der Waals surface area contributed by atoms with Crippen molar-refractivity contribution in [1.29, 1.82) is 0 Å². The van der Waals surface area contributed by atoms with E-state index < -0.39 is 0 Å². The van der Waals surface area contributed by atoms with E-state index in [2.05, 4.69) is 24.3 Å². The Hall–Kier alpha value is -1.19. The fourth-order valence-corrected chi connectivity index (χ4v) is 3.05. The van der Waals surface area contributed by atoms with Crippen LogP contribution in [0, 0.1) is 11.8 Å². The molecule has 0 bridgehead atoms. The highest BCUT2D eigenvalue weighted by Crippen LogP contribution is 2.29. The van der Waals surface area contributed by atoms with Crippen molar-refractivity contribution in [3.05, 3.63) is 5.69 Å². The average Bonchev–Trinajstić information content (AvgIpc) is 2.62. The molecule has 0 aliphatic heterocycles. The molecule has 4 heteroatoms. The molecule has 1 heterocycles. The highest BCUT2D eigenvalue weighted by atomic mass is 15.3. The lowest BCUT2D eigenvalue weighted by atomic mass is 9.82. The summed E-state index contributed by atoms with van der Waals surface area (Å²) < 4.78 is 1.88. The smallest absolute Gasteiger partial charge is 0.147 e. The molecule has 1 aliphatic carbocycles. The zero-order chi connectivity index (χ0) is 13.1. The number of hydrogen-bond acceptors (Lipinski definition) is 3. The third kappa shape index (κ3) is 2.79. The molecule has 0 aromatic carbocycles. The Labute approximate surface area is 110 Å². The molecule has 1 aromatic rings. The first-order valence-corrected chi connectivity index (χ1v) is 7.17. The van der Waals surface area contributed by atoms with Gasteiger partial charge < -0.3 is 11.1 Å². The number of hydrogen-bond donors (Lipinski definition) is 2. The molecule has 1 aromatic heterocycles. The number of rotatable bonds is 4. The van der Waals surface area contributed by atoms with Gasteiger partial charge in [-0.2, -0.15) is 5.10 Å². The van der Waals surface area contributed by atoms with Gasteiger partial charge in [0.05, 0.1) is 11.4 Å². The largest absolute Gasteiger partial charge is 0.394 e. The van der Waals surface area contributed by atoms with Gasteiger partial charge in [0.2, 0.25) is 0 Å². The van der Waals surface area contributed by atoms with Gasteiger partial charge in [0.15, 0.2) is 0 Å². The first-order valence-electron chi connectivity index (χ1n) is 7.17. The van der Waals surface area contributed by atoms with Crippen LogP contribution in [0.4, 0.5) is 11.5 Å². The second-order valence-electron chi connectivity index (χ2n) is 5.70. The van der Waals surface area contributed by atoms with Crippen LogP contribution in [-0.4, -0.2) is 16.3 Å². The molecule has 0 saturated heterocycles. The Kier molecular flexibility index (Phi) is 4.15. The third-order valence-electron chi connectivity index (χ3n) is 4.10. The van der Waals surface area contributed by atoms with E-state index in [-0.39, 0.29) is 0 Å². The number of nitrogens with zero attached hydrogens (tertiary/aromatic N) is 2. The zero-order valence-corrected chi connectivity index (χ0v) is 11.9. The maximum atomic E-state index is 6.11. The van der Waals surface area contributed by atoms with Crippen LogP contribution in [0.3, 0.4) is 0 Å². The number of nitrogen functional groups attached to an aromatic ring is 1. The van der Waals surface area contributed by atoms with E-state index in [0.29, 0.717) is 0 Å². The number of aromatic nitrogens is 2. The summed E-state index contributed by atoms with van der Waals surface area (Å²) in [4.78, 5) is 0. The van der Waals surface area contributed by atoms with Gasteiger partial charge in [-0.15, -0.1) is 0 Å². The molecule has 2 rings (SSSR count). The van der Waals surface area contributed by atoms with Crippen molar-refractivity contribution in [3.63, 3.8) is 0 Å². The minimum atomic E-state index is 0.785. The highest BCUT2D eigenvalue weighted by Gasteiger charge is 2.20. The van der Waals surface area contributed by atoms with Crippen molar-refractivity contribution in [2.24, 2.45) is 18.9 Å². The summed E-state index contributed by atoms with van der Waals surface area (Å²) >= 11 is 0. The van der Waals surface area contributed by atoms with Crippen LogP contribution >= 0.6 is 0 Å². The topological polar surface area (TPSA) is 55.9 Å². The van der Waals surface area contributed by atoms with Gasteiger partial charge in [-0.25, -0.2) is 0 Å². The molecule has 2 unspecified atom stereocenters. The Balaban J connectivity index is 1.95. The zero-order valence-electron chi connectivity index (χ0n) is 11.9. The molecule has 0 amide bonds. The second-order valence-corrected chi connectivity index (χ2v) is 5.70. The quantitative estimate of drug-likeness (QED) is 0.864. The number of nitrogens with two attached hydrogens (primary N) is 1. The van der Waals surface area contributed by atoms with Crippen molar-refractivity contribution in [2.75, 3.05) is 17.6 Å². The average molecular weight is 250 g/mol. The predicted octanol–water partition coefficient (Wildman–Crippen LogP) is 2.80. The summed E-state index contributed by atoms with van der Waals surface area (Å²) in [7, 11) is 1.96. The van der Waals surface area contributed by atoms with Crippen LogP contribution in [-0.2, 0) is 13.5 Å². The molecule has 0 spiro atoms. The van der Waals surface area contributed by atoms with Gasteiger partial charge in [-0.05, 0) is 31.1 Å². The molecule has 4 nitrogen and oxygen atoms in total. The van der Waals surface area contributed by atoms with Crippen LogP contribution in [0.25, 0.3) is 0 Å². The molecule has 102 valence electrons. The van der Waals surface area contributed by atoms with E-state index in [1.165, 1.54) is 25.7 Å². The van der Waals surface area contributed by atoms with Gasteiger partial charge >= 0.3 is 0 Å². The summed E-state index contributed by atoms with van der Waals surface area (Å²) in [6.45, 7) is 5.47. The lowest BCUT2D eigenvalue weighted by molar-refractivity contribution is 0.293. The third-order valence-corrected chi connectivity index (χ3v) is 4.10. The Morgan fingerprint density at radius 3 is 2.83 bits per heavy atom. The SMILES string of the molecule is CCc1nn(C)c(NCC2CCCC(C)C2)c1N. The van der Waals surface area contributed by atoms with Crippen LogP contribution in [0.15, 0.2) is 0 Å². The fraction of sp³-hybridized carbons (Fsp3) is 0.786. The predicted molar refractivity (Wildman–Crippen MR) is 76.6 cm³/mol. The normalized spacial score (nSPS) is 24.2. The van der Waals surface area contributed by atoms with Crippen molar-refractivity contribution in [2.45, 2.75) is 46.0 Å². The minimum Gasteiger partial charge on any atom is -0.394 e. The molecular weight excluding hydrogens is 224 g/mol. The van der Waals surface area contributed by atoms with Gasteiger partial charge in [-0.3, -0.25) is 4.68 Å². The van der Waals surface area contributed by atoms with Crippen molar-refractivity contribution < 1.29 is 0 Å². The molecule has 1 fully saturated rings. The lowest BCUT2D eigenvalue weighted by Crippen LogP contribution is -2.22. The van der Waals surface area contributed by atoms with Gasteiger partial charge in [0.25, 0.3) is 0 Å². The Morgan fingerprint density at radius 1 is 1.44 bits per heavy atom. The van der Waals surface area contributed by atoms with E-state index in [1.807, 2.05) is 11.7 Å². The Morgan fingerprint density at radius 2 is 2.22 bits per heavy atom. The molecular formula is C14H26N4. The van der Waals surface area contributed by atoms with E-state index in [0.717, 1.165) is 42.0 Å². The number of nitrogens with one attached hydrogen (secondary N) is 1. The molecule has 1 aliphatic rings. The highest BCUT2D eigenvalue weighted by molar-refractivity contribution is 5.64. The van der Waals surface area contributed by atoms with Gasteiger partial charge in [0, 0.05) is 13.6 Å². The summed E-state index contributed by atoms with van der Waals surface area (Å²) in [5.41, 5.74) is 7.93. The van der Waals surface area contributed by atoms with E-state index in [1.54, 1.807) is 0 Å². The Bertz CT molecular complexity index is 397. The molecule has 2 atom stereocenters. The first-order chi connectivity index (χ1) is 8.61. The van der Waals surface area contributed by atoms with Crippen LogP contribution in [0.2, 0.25) is 0 Å². The molecule has 18 heavy (non-hydrogen) atoms. The molecule has 1 saturated carbocycles. The van der Waals surface area contributed by atoms with Crippen molar-refractivity contribution >= 4 is 11.5 Å². The number of aryl methyl sites for hydroxylation is 2. The second kappa shape index (κ2) is 5.63. The van der Waals surface area contributed by atoms with Crippen molar-refractivity contribution in [3.8, 4) is 0 Å². The standard InChI is InChI=1S/C14H26N4/c1-4-12-13(15)14(18(3)17-12)16-9-11-7-5-6-10(2)8-11/h10-11,16H,4-9,15H2,1-3H3. The first kappa shape index (κ1) is 13.2. The van der Waals surface area contributed by atoms with Crippen LogP contribution in [0.5, 0.6) is 0 Å². The van der Waals surface area contributed by atoms with E-state index in [4.69, 9.17) is 5.73 Å². The lowest BCUT2D eigenvalue weighted by Gasteiger charge is -2.27. The summed E-state index contributed by atoms with van der Waals surface area (Å²) in [6, 6.07) is 0. The minimum absolute atomic E-state index is 0.785. The number of anilines is 2. The summed E-state index contributed by atoms with van der Waals surface area (Å²) in [6.07, 6.45) is 6.34. The van der Waals surface area contributed by atoms with E-state index in [9.17, 15) is 0 Å². The maximum absolute atomic E-state index is 6.11. The van der Waals surface area contributed by atoms with Gasteiger partial charge in [-0.1, -0.05) is 26.7 Å².